The van der Waals surface area contributed by atoms with Gasteiger partial charge in [0.15, 0.2) is 5.58 Å². The van der Waals surface area contributed by atoms with Crippen LogP contribution in [0.3, 0.4) is 0 Å². The van der Waals surface area contributed by atoms with E-state index in [1.165, 1.54) is 12.1 Å². The molecule has 0 radical (unpaired) electrons. The van der Waals surface area contributed by atoms with Crippen molar-refractivity contribution in [2.75, 3.05) is 5.32 Å². The van der Waals surface area contributed by atoms with Crippen LogP contribution in [0.5, 0.6) is 0 Å². The average molecular weight is 419 g/mol. The second kappa shape index (κ2) is 6.89. The average Bonchev–Trinajstić information content (AvgIpc) is 2.62. The minimum atomic E-state index is -0.405. The van der Waals surface area contributed by atoms with Gasteiger partial charge in [-0.25, -0.2) is 0 Å². The predicted octanol–water partition coefficient (Wildman–Crippen LogP) is 6.16. The first-order valence-corrected chi connectivity index (χ1v) is 8.99. The Morgan fingerprint density at radius 1 is 0.889 bits per heavy atom. The molecule has 7 heteroatoms. The summed E-state index contributed by atoms with van der Waals surface area (Å²) in [6.07, 6.45) is 0. The number of anilines is 1. The van der Waals surface area contributed by atoms with E-state index in [0.29, 0.717) is 37.7 Å². The second-order valence-corrected chi connectivity index (χ2v) is 7.09. The standard InChI is InChI=1S/C20H10Cl3NO3/c21-10-4-6-12(16(23)8-10)20(26)24-11-5-7-13-17(9-11)27-19-14(18(13)25)2-1-3-15(19)22/h1-9H,(H,24,26). The zero-order valence-electron chi connectivity index (χ0n) is 13.6. The van der Waals surface area contributed by atoms with E-state index in [2.05, 4.69) is 5.32 Å². The molecule has 1 aromatic heterocycles. The summed E-state index contributed by atoms with van der Waals surface area (Å²) in [4.78, 5) is 25.1. The molecular formula is C20H10Cl3NO3. The lowest BCUT2D eigenvalue weighted by Crippen LogP contribution is -2.12. The number of carbonyl (C=O) groups is 1. The largest absolute Gasteiger partial charge is 0.454 e. The van der Waals surface area contributed by atoms with Crippen LogP contribution in [-0.2, 0) is 0 Å². The molecule has 134 valence electrons. The van der Waals surface area contributed by atoms with Gasteiger partial charge in [0.25, 0.3) is 5.91 Å². The summed E-state index contributed by atoms with van der Waals surface area (Å²) >= 11 is 18.1. The first-order valence-electron chi connectivity index (χ1n) is 7.85. The van der Waals surface area contributed by atoms with Crippen LogP contribution in [-0.4, -0.2) is 5.91 Å². The maximum Gasteiger partial charge on any atom is 0.257 e. The lowest BCUT2D eigenvalue weighted by molar-refractivity contribution is 0.102. The fraction of sp³-hybridized carbons (Fsp3) is 0. The Morgan fingerprint density at radius 3 is 2.48 bits per heavy atom. The first kappa shape index (κ1) is 17.9. The van der Waals surface area contributed by atoms with Crippen molar-refractivity contribution in [2.24, 2.45) is 0 Å². The number of rotatable bonds is 2. The van der Waals surface area contributed by atoms with Crippen molar-refractivity contribution in [3.8, 4) is 0 Å². The van der Waals surface area contributed by atoms with Gasteiger partial charge in [-0.2, -0.15) is 0 Å². The molecule has 27 heavy (non-hydrogen) atoms. The summed E-state index contributed by atoms with van der Waals surface area (Å²) in [7, 11) is 0. The summed E-state index contributed by atoms with van der Waals surface area (Å²) in [5, 5.41) is 4.55. The van der Waals surface area contributed by atoms with Gasteiger partial charge < -0.3 is 9.73 Å². The quantitative estimate of drug-likeness (QED) is 0.397. The Morgan fingerprint density at radius 2 is 1.70 bits per heavy atom. The highest BCUT2D eigenvalue weighted by molar-refractivity contribution is 6.37. The topological polar surface area (TPSA) is 59.3 Å². The van der Waals surface area contributed by atoms with Crippen molar-refractivity contribution in [1.29, 1.82) is 0 Å². The van der Waals surface area contributed by atoms with Gasteiger partial charge in [0, 0.05) is 16.8 Å². The van der Waals surface area contributed by atoms with Gasteiger partial charge in [-0.15, -0.1) is 0 Å². The zero-order valence-corrected chi connectivity index (χ0v) is 15.8. The van der Waals surface area contributed by atoms with Gasteiger partial charge in [-0.05, 0) is 42.5 Å². The molecule has 3 aromatic carbocycles. The Hall–Kier alpha value is -2.53. The Labute approximate surface area is 168 Å². The van der Waals surface area contributed by atoms with Crippen molar-refractivity contribution in [3.05, 3.63) is 85.5 Å². The minimum Gasteiger partial charge on any atom is -0.454 e. The molecule has 0 fully saturated rings. The molecule has 1 heterocycles. The number of halogens is 3. The number of fused-ring (bicyclic) bond motifs is 2. The molecule has 0 saturated carbocycles. The van der Waals surface area contributed by atoms with Crippen molar-refractivity contribution in [2.45, 2.75) is 0 Å². The predicted molar refractivity (Wildman–Crippen MR) is 109 cm³/mol. The summed E-state index contributed by atoms with van der Waals surface area (Å²) in [6.45, 7) is 0. The number of carbonyl (C=O) groups excluding carboxylic acids is 1. The molecular weight excluding hydrogens is 409 g/mol. The van der Waals surface area contributed by atoms with E-state index in [0.717, 1.165) is 0 Å². The number of hydrogen-bond donors (Lipinski definition) is 1. The van der Waals surface area contributed by atoms with Gasteiger partial charge in [0.05, 0.1) is 26.4 Å². The number of hydrogen-bond acceptors (Lipinski definition) is 3. The third-order valence-electron chi connectivity index (χ3n) is 4.08. The summed E-state index contributed by atoms with van der Waals surface area (Å²) < 4.78 is 5.80. The third kappa shape index (κ3) is 3.28. The molecule has 1 N–H and O–H groups in total. The van der Waals surface area contributed by atoms with E-state index in [-0.39, 0.29) is 16.0 Å². The lowest BCUT2D eigenvalue weighted by atomic mass is 10.1. The number of para-hydroxylation sites is 1. The monoisotopic (exact) mass is 417 g/mol. The van der Waals surface area contributed by atoms with E-state index in [9.17, 15) is 9.59 Å². The summed E-state index contributed by atoms with van der Waals surface area (Å²) in [5.41, 5.74) is 1.17. The minimum absolute atomic E-state index is 0.188. The molecule has 4 nitrogen and oxygen atoms in total. The summed E-state index contributed by atoms with van der Waals surface area (Å²) in [5.74, 6) is -0.405. The van der Waals surface area contributed by atoms with Gasteiger partial charge in [0.1, 0.15) is 5.58 Å². The molecule has 0 unspecified atom stereocenters. The van der Waals surface area contributed by atoms with Crippen LogP contribution >= 0.6 is 34.8 Å². The maximum atomic E-state index is 12.6. The highest BCUT2D eigenvalue weighted by Crippen LogP contribution is 2.27. The fourth-order valence-electron chi connectivity index (χ4n) is 2.79. The molecule has 0 saturated heterocycles. The molecule has 0 spiro atoms. The zero-order chi connectivity index (χ0) is 19.1. The Bertz CT molecular complexity index is 1280. The van der Waals surface area contributed by atoms with E-state index >= 15 is 0 Å². The number of benzene rings is 3. The molecule has 0 aliphatic carbocycles. The van der Waals surface area contributed by atoms with Gasteiger partial charge in [-0.1, -0.05) is 40.9 Å². The maximum absolute atomic E-state index is 12.6. The molecule has 0 aliphatic heterocycles. The molecule has 4 aromatic rings. The van der Waals surface area contributed by atoms with E-state index in [1.54, 1.807) is 42.5 Å². The molecule has 1 amide bonds. The second-order valence-electron chi connectivity index (χ2n) is 5.84. The highest BCUT2D eigenvalue weighted by atomic mass is 35.5. The van der Waals surface area contributed by atoms with Crippen LogP contribution in [0.2, 0.25) is 15.1 Å². The fourth-order valence-corrected chi connectivity index (χ4v) is 3.50. The van der Waals surface area contributed by atoms with Crippen molar-refractivity contribution < 1.29 is 9.21 Å². The van der Waals surface area contributed by atoms with Gasteiger partial charge >= 0.3 is 0 Å². The highest BCUT2D eigenvalue weighted by Gasteiger charge is 2.14. The van der Waals surface area contributed by atoms with Crippen LogP contribution < -0.4 is 10.7 Å². The van der Waals surface area contributed by atoms with E-state index in [4.69, 9.17) is 39.2 Å². The normalized spacial score (nSPS) is 11.1. The van der Waals surface area contributed by atoms with Crippen molar-refractivity contribution >= 4 is 68.3 Å². The molecule has 0 atom stereocenters. The van der Waals surface area contributed by atoms with Crippen LogP contribution in [0.1, 0.15) is 10.4 Å². The van der Waals surface area contributed by atoms with Crippen molar-refractivity contribution in [3.63, 3.8) is 0 Å². The Balaban J connectivity index is 1.77. The van der Waals surface area contributed by atoms with Gasteiger partial charge in [-0.3, -0.25) is 9.59 Å². The van der Waals surface area contributed by atoms with Gasteiger partial charge in [0.2, 0.25) is 5.43 Å². The third-order valence-corrected chi connectivity index (χ3v) is 4.93. The Kier molecular flexibility index (Phi) is 4.56. The van der Waals surface area contributed by atoms with E-state index < -0.39 is 5.91 Å². The number of nitrogens with one attached hydrogen (secondary N) is 1. The van der Waals surface area contributed by atoms with Crippen LogP contribution in [0.15, 0.2) is 63.8 Å². The SMILES string of the molecule is O=C(Nc1ccc2c(=O)c3cccc(Cl)c3oc2c1)c1ccc(Cl)cc1Cl. The smallest absolute Gasteiger partial charge is 0.257 e. The lowest BCUT2D eigenvalue weighted by Gasteiger charge is -2.08. The summed E-state index contributed by atoms with van der Waals surface area (Å²) in [6, 6.07) is 14.4. The van der Waals surface area contributed by atoms with E-state index in [1.807, 2.05) is 0 Å². The molecule has 0 aliphatic rings. The first-order chi connectivity index (χ1) is 12.9. The molecule has 0 bridgehead atoms. The van der Waals surface area contributed by atoms with Crippen LogP contribution in [0.4, 0.5) is 5.69 Å². The van der Waals surface area contributed by atoms with Crippen LogP contribution in [0.25, 0.3) is 21.9 Å². The molecule has 4 rings (SSSR count). The number of amides is 1. The van der Waals surface area contributed by atoms with Crippen molar-refractivity contribution in [1.82, 2.24) is 0 Å². The van der Waals surface area contributed by atoms with Crippen LogP contribution in [0, 0.1) is 0 Å².